The molecule has 0 bridgehead atoms. The Morgan fingerprint density at radius 3 is 2.70 bits per heavy atom. The molecule has 0 radical (unpaired) electrons. The second-order valence-electron chi connectivity index (χ2n) is 11.8. The molecule has 1 amide bonds. The lowest BCUT2D eigenvalue weighted by Crippen LogP contribution is -2.47. The first-order valence-electron chi connectivity index (χ1n) is 14.8. The van der Waals surface area contributed by atoms with Crippen LogP contribution < -0.4 is 15.6 Å². The molecule has 2 aliphatic heterocycles. The number of carbonyl (C=O) groups excluding carboxylic acids is 2. The van der Waals surface area contributed by atoms with Crippen LogP contribution in [0.2, 0.25) is 0 Å². The number of nitrogens with one attached hydrogen (secondary N) is 1. The number of amides is 1. The summed E-state index contributed by atoms with van der Waals surface area (Å²) in [7, 11) is 0. The normalized spacial score (nSPS) is 19.8. The quantitative estimate of drug-likeness (QED) is 0.277. The zero-order valence-corrected chi connectivity index (χ0v) is 24.8. The topological polar surface area (TPSA) is 122 Å². The number of halogens is 1. The number of benzene rings is 1. The van der Waals surface area contributed by atoms with Gasteiger partial charge < -0.3 is 24.1 Å². The maximum Gasteiger partial charge on any atom is 0.413 e. The average Bonchev–Trinajstić information content (AvgIpc) is 3.37. The van der Waals surface area contributed by atoms with Crippen LogP contribution in [0.3, 0.4) is 0 Å². The number of cyclic esters (lactones) is 1. The second-order valence-corrected chi connectivity index (χ2v) is 11.8. The minimum Gasteiger partial charge on any atom is -0.458 e. The van der Waals surface area contributed by atoms with Gasteiger partial charge in [-0.2, -0.15) is 0 Å². The van der Waals surface area contributed by atoms with Gasteiger partial charge in [-0.05, 0) is 74.9 Å². The molecule has 0 saturated carbocycles. The molecular weight excluding hydrogens is 567 g/mol. The molecular formula is C33H31FN4O6. The summed E-state index contributed by atoms with van der Waals surface area (Å²) in [5.74, 6) is -0.557. The molecule has 11 heteroatoms. The summed E-state index contributed by atoms with van der Waals surface area (Å²) in [6.45, 7) is 7.26. The fraction of sp³-hybridized carbons (Fsp3) is 0.364. The van der Waals surface area contributed by atoms with Crippen LogP contribution in [0, 0.1) is 12.7 Å². The third-order valence-electron chi connectivity index (χ3n) is 8.93. The van der Waals surface area contributed by atoms with E-state index in [4.69, 9.17) is 19.2 Å². The standard InChI is InChI=1S/C33H31FN4O6/c1-5-33(44-16(2)3)22-12-26-29-20(14-38(26)30(39)21(22)15-42-31(33)40)28-24(37-32(41)43-18-8-10-35-11-9-18)7-6-19-17(4)23(34)13-25(36-29)27(19)28/h8-13,16,24H,5-7,14-15H2,1-4H3,(H,37,41)/t24-,33-/m0/s1. The number of hydrogen-bond acceptors (Lipinski definition) is 8. The molecule has 1 aliphatic carbocycles. The number of aromatic nitrogens is 3. The van der Waals surface area contributed by atoms with Gasteiger partial charge in [0.1, 0.15) is 18.2 Å². The van der Waals surface area contributed by atoms with E-state index in [0.29, 0.717) is 52.2 Å². The number of pyridine rings is 3. The highest BCUT2D eigenvalue weighted by molar-refractivity contribution is 5.93. The van der Waals surface area contributed by atoms with Crippen LogP contribution in [0.5, 0.6) is 5.75 Å². The molecule has 3 aromatic heterocycles. The minimum atomic E-state index is -1.44. The van der Waals surface area contributed by atoms with Crippen molar-refractivity contribution in [3.8, 4) is 17.1 Å². The van der Waals surface area contributed by atoms with Crippen LogP contribution in [0.1, 0.15) is 73.0 Å². The van der Waals surface area contributed by atoms with Gasteiger partial charge in [-0.3, -0.25) is 9.78 Å². The van der Waals surface area contributed by atoms with Crippen LogP contribution in [-0.4, -0.2) is 32.7 Å². The van der Waals surface area contributed by atoms with Crippen molar-refractivity contribution >= 4 is 23.0 Å². The number of nitrogens with zero attached hydrogens (tertiary/aromatic N) is 3. The Morgan fingerprint density at radius 1 is 1.20 bits per heavy atom. The fourth-order valence-electron chi connectivity index (χ4n) is 6.97. The van der Waals surface area contributed by atoms with Crippen LogP contribution in [0.15, 0.2) is 41.5 Å². The summed E-state index contributed by atoms with van der Waals surface area (Å²) in [4.78, 5) is 49.2. The lowest BCUT2D eigenvalue weighted by atomic mass is 9.81. The van der Waals surface area contributed by atoms with Crippen LogP contribution >= 0.6 is 0 Å². The van der Waals surface area contributed by atoms with Gasteiger partial charge in [-0.15, -0.1) is 0 Å². The summed E-state index contributed by atoms with van der Waals surface area (Å²) in [6, 6.07) is 5.90. The molecule has 7 rings (SSSR count). The predicted molar refractivity (Wildman–Crippen MR) is 158 cm³/mol. The Balaban J connectivity index is 1.42. The van der Waals surface area contributed by atoms with Gasteiger partial charge in [0.25, 0.3) is 5.56 Å². The van der Waals surface area contributed by atoms with Gasteiger partial charge in [-0.1, -0.05) is 6.92 Å². The number of carbonyl (C=O) groups is 2. The van der Waals surface area contributed by atoms with E-state index < -0.39 is 23.7 Å². The van der Waals surface area contributed by atoms with Crippen molar-refractivity contribution < 1.29 is 28.2 Å². The molecule has 0 fully saturated rings. The maximum atomic E-state index is 15.2. The number of esters is 1. The lowest BCUT2D eigenvalue weighted by molar-refractivity contribution is -0.187. The highest BCUT2D eigenvalue weighted by atomic mass is 19.1. The summed E-state index contributed by atoms with van der Waals surface area (Å²) >= 11 is 0. The Hall–Kier alpha value is -4.64. The van der Waals surface area contributed by atoms with Crippen LogP contribution in [0.4, 0.5) is 9.18 Å². The van der Waals surface area contributed by atoms with E-state index in [-0.39, 0.29) is 37.1 Å². The number of aryl methyl sites for hydroxylation is 1. The van der Waals surface area contributed by atoms with Gasteiger partial charge in [0.2, 0.25) is 0 Å². The van der Waals surface area contributed by atoms with Crippen molar-refractivity contribution in [2.75, 3.05) is 0 Å². The molecule has 3 aliphatic rings. The number of fused-ring (bicyclic) bond motifs is 5. The first-order chi connectivity index (χ1) is 21.1. The van der Waals surface area contributed by atoms with Crippen molar-refractivity contribution in [1.82, 2.24) is 19.9 Å². The zero-order chi connectivity index (χ0) is 30.9. The number of hydrogen-bond donors (Lipinski definition) is 1. The molecule has 0 saturated heterocycles. The SMILES string of the molecule is CC[C@@]1(OC(C)C)C(=O)OCc2c1cc1n(c2=O)Cc2c-1nc1cc(F)c(C)c3c1c2[C@@H](NC(=O)Oc1ccncc1)CC3. The van der Waals surface area contributed by atoms with Gasteiger partial charge in [0.05, 0.1) is 41.2 Å². The third kappa shape index (κ3) is 4.13. The number of rotatable bonds is 5. The van der Waals surface area contributed by atoms with E-state index in [2.05, 4.69) is 10.3 Å². The van der Waals surface area contributed by atoms with Gasteiger partial charge in [0.15, 0.2) is 5.60 Å². The van der Waals surface area contributed by atoms with E-state index in [0.717, 1.165) is 22.1 Å². The largest absolute Gasteiger partial charge is 0.458 e. The Kier molecular flexibility index (Phi) is 6.54. The molecule has 226 valence electrons. The molecule has 5 heterocycles. The van der Waals surface area contributed by atoms with Gasteiger partial charge in [0, 0.05) is 35.0 Å². The van der Waals surface area contributed by atoms with Crippen LogP contribution in [-0.2, 0) is 39.4 Å². The fourth-order valence-corrected chi connectivity index (χ4v) is 6.97. The van der Waals surface area contributed by atoms with Crippen molar-refractivity contribution in [2.45, 2.75) is 77.9 Å². The zero-order valence-electron chi connectivity index (χ0n) is 24.8. The molecule has 1 aromatic carbocycles. The average molecular weight is 599 g/mol. The first-order valence-corrected chi connectivity index (χ1v) is 14.8. The second kappa shape index (κ2) is 10.2. The molecule has 10 nitrogen and oxygen atoms in total. The monoisotopic (exact) mass is 598 g/mol. The minimum absolute atomic E-state index is 0.158. The van der Waals surface area contributed by atoms with E-state index in [1.165, 1.54) is 18.5 Å². The molecule has 44 heavy (non-hydrogen) atoms. The summed E-state index contributed by atoms with van der Waals surface area (Å²) in [5, 5.41) is 3.78. The molecule has 0 unspecified atom stereocenters. The van der Waals surface area contributed by atoms with Crippen molar-refractivity contribution in [2.24, 2.45) is 0 Å². The molecule has 2 atom stereocenters. The smallest absolute Gasteiger partial charge is 0.413 e. The van der Waals surface area contributed by atoms with E-state index >= 15 is 4.39 Å². The Morgan fingerprint density at radius 2 is 1.98 bits per heavy atom. The summed E-state index contributed by atoms with van der Waals surface area (Å²) < 4.78 is 34.0. The van der Waals surface area contributed by atoms with E-state index in [1.807, 2.05) is 20.8 Å². The van der Waals surface area contributed by atoms with Crippen molar-refractivity contribution in [3.05, 3.63) is 86.2 Å². The number of ether oxygens (including phenoxy) is 3. The van der Waals surface area contributed by atoms with Gasteiger partial charge in [-0.25, -0.2) is 19.0 Å². The van der Waals surface area contributed by atoms with Gasteiger partial charge >= 0.3 is 12.1 Å². The highest BCUT2D eigenvalue weighted by Crippen LogP contribution is 2.46. The van der Waals surface area contributed by atoms with Crippen molar-refractivity contribution in [1.29, 1.82) is 0 Å². The van der Waals surface area contributed by atoms with E-state index in [1.54, 1.807) is 29.7 Å². The molecule has 4 aromatic rings. The lowest BCUT2D eigenvalue weighted by Gasteiger charge is -2.37. The third-order valence-corrected chi connectivity index (χ3v) is 8.93. The predicted octanol–water partition coefficient (Wildman–Crippen LogP) is 5.13. The maximum absolute atomic E-state index is 15.2. The Labute approximate surface area is 252 Å². The highest BCUT2D eigenvalue weighted by Gasteiger charge is 2.49. The summed E-state index contributed by atoms with van der Waals surface area (Å²) in [5.41, 5.74) is 3.45. The molecule has 0 spiro atoms. The summed E-state index contributed by atoms with van der Waals surface area (Å²) in [6.07, 6.45) is 3.40. The molecule has 1 N–H and O–H groups in total. The first kappa shape index (κ1) is 28.1. The van der Waals surface area contributed by atoms with Crippen molar-refractivity contribution in [3.63, 3.8) is 0 Å². The Bertz CT molecular complexity index is 1940. The van der Waals surface area contributed by atoms with E-state index in [9.17, 15) is 14.4 Å². The van der Waals surface area contributed by atoms with Crippen LogP contribution in [0.25, 0.3) is 22.3 Å².